The number of hydrogen-bond acceptors (Lipinski definition) is 3. The predicted octanol–water partition coefficient (Wildman–Crippen LogP) is 2.54. The Morgan fingerprint density at radius 1 is 1.25 bits per heavy atom. The van der Waals surface area contributed by atoms with Gasteiger partial charge in [-0.05, 0) is 43.4 Å². The van der Waals surface area contributed by atoms with Crippen molar-refractivity contribution < 1.29 is 5.11 Å². The molecule has 1 saturated heterocycles. The Kier molecular flexibility index (Phi) is 4.18. The summed E-state index contributed by atoms with van der Waals surface area (Å²) in [5, 5.41) is 10.1. The van der Waals surface area contributed by atoms with Crippen LogP contribution in [0.15, 0.2) is 28.7 Å². The monoisotopic (exact) mass is 338 g/mol. The summed E-state index contributed by atoms with van der Waals surface area (Å²) in [7, 11) is 0. The lowest BCUT2D eigenvalue weighted by atomic mass is 9.99. The number of benzene rings is 1. The maximum Gasteiger partial charge on any atom is 0.0583 e. The molecule has 1 heterocycles. The van der Waals surface area contributed by atoms with Crippen LogP contribution in [0.4, 0.5) is 0 Å². The quantitative estimate of drug-likeness (QED) is 0.890. The number of aliphatic hydroxyl groups excluding tert-OH is 1. The molecule has 2 fully saturated rings. The second-order valence-electron chi connectivity index (χ2n) is 6.38. The van der Waals surface area contributed by atoms with Crippen LogP contribution in [-0.2, 0) is 0 Å². The topological polar surface area (TPSA) is 49.5 Å². The number of rotatable bonds is 3. The number of aliphatic hydroxyl groups is 1. The van der Waals surface area contributed by atoms with Gasteiger partial charge < -0.3 is 10.8 Å². The van der Waals surface area contributed by atoms with Crippen molar-refractivity contribution in [1.82, 2.24) is 4.90 Å². The normalized spacial score (nSPS) is 33.1. The van der Waals surface area contributed by atoms with E-state index in [0.29, 0.717) is 11.8 Å². The highest BCUT2D eigenvalue weighted by molar-refractivity contribution is 9.10. The van der Waals surface area contributed by atoms with Gasteiger partial charge in [-0.1, -0.05) is 28.1 Å². The molecule has 2 aliphatic rings. The van der Waals surface area contributed by atoms with Gasteiger partial charge in [0.25, 0.3) is 0 Å². The zero-order valence-electron chi connectivity index (χ0n) is 11.9. The zero-order chi connectivity index (χ0) is 14.3. The number of nitrogens with zero attached hydrogens (tertiary/aromatic N) is 1. The SMILES string of the molecule is CC(N)C(c1ccc(Br)cc1)N1CC2CCC(O)C2C1. The minimum absolute atomic E-state index is 0.0899. The van der Waals surface area contributed by atoms with Crippen LogP contribution in [0.1, 0.15) is 31.4 Å². The Labute approximate surface area is 129 Å². The van der Waals surface area contributed by atoms with Crippen LogP contribution in [0.25, 0.3) is 0 Å². The molecule has 0 spiro atoms. The van der Waals surface area contributed by atoms with Crippen LogP contribution in [0.3, 0.4) is 0 Å². The van der Waals surface area contributed by atoms with Crippen molar-refractivity contribution in [3.8, 4) is 0 Å². The molecule has 0 aromatic heterocycles. The van der Waals surface area contributed by atoms with Gasteiger partial charge >= 0.3 is 0 Å². The van der Waals surface area contributed by atoms with E-state index in [0.717, 1.165) is 30.4 Å². The molecule has 5 atom stereocenters. The Hall–Kier alpha value is -0.420. The first-order valence-corrected chi connectivity index (χ1v) is 8.28. The molecule has 3 N–H and O–H groups in total. The van der Waals surface area contributed by atoms with Crippen molar-refractivity contribution in [2.75, 3.05) is 13.1 Å². The Morgan fingerprint density at radius 2 is 1.95 bits per heavy atom. The Balaban J connectivity index is 1.80. The molecular weight excluding hydrogens is 316 g/mol. The summed E-state index contributed by atoms with van der Waals surface area (Å²) >= 11 is 3.48. The van der Waals surface area contributed by atoms with E-state index in [4.69, 9.17) is 5.73 Å². The van der Waals surface area contributed by atoms with E-state index in [9.17, 15) is 5.11 Å². The highest BCUT2D eigenvalue weighted by atomic mass is 79.9. The third kappa shape index (κ3) is 2.67. The molecule has 1 aliphatic heterocycles. The molecular formula is C16H23BrN2O. The van der Waals surface area contributed by atoms with Crippen molar-refractivity contribution in [2.45, 2.75) is 38.0 Å². The maximum absolute atomic E-state index is 10.1. The Morgan fingerprint density at radius 3 is 2.55 bits per heavy atom. The summed E-state index contributed by atoms with van der Waals surface area (Å²) in [6, 6.07) is 8.81. The fourth-order valence-electron chi connectivity index (χ4n) is 4.01. The first kappa shape index (κ1) is 14.5. The molecule has 110 valence electrons. The van der Waals surface area contributed by atoms with Crippen molar-refractivity contribution in [1.29, 1.82) is 0 Å². The molecule has 3 rings (SSSR count). The van der Waals surface area contributed by atoms with Crippen molar-refractivity contribution in [2.24, 2.45) is 17.6 Å². The minimum Gasteiger partial charge on any atom is -0.393 e. The molecule has 0 radical (unpaired) electrons. The van der Waals surface area contributed by atoms with Crippen LogP contribution in [0, 0.1) is 11.8 Å². The van der Waals surface area contributed by atoms with E-state index in [-0.39, 0.29) is 18.2 Å². The number of fused-ring (bicyclic) bond motifs is 1. The highest BCUT2D eigenvalue weighted by Gasteiger charge is 2.44. The molecule has 1 aromatic rings. The standard InChI is InChI=1S/C16H23BrN2O/c1-10(18)16(11-2-5-13(17)6-3-11)19-8-12-4-7-15(20)14(12)9-19/h2-3,5-6,10,12,14-16,20H,4,7-9,18H2,1H3. The average molecular weight is 339 g/mol. The molecule has 20 heavy (non-hydrogen) atoms. The van der Waals surface area contributed by atoms with Gasteiger partial charge in [-0.25, -0.2) is 0 Å². The average Bonchev–Trinajstić information content (AvgIpc) is 2.95. The number of likely N-dealkylation sites (tertiary alicyclic amines) is 1. The number of hydrogen-bond donors (Lipinski definition) is 2. The van der Waals surface area contributed by atoms with Gasteiger partial charge in [0, 0.05) is 35.6 Å². The van der Waals surface area contributed by atoms with Gasteiger partial charge in [-0.2, -0.15) is 0 Å². The molecule has 4 heteroatoms. The zero-order valence-corrected chi connectivity index (χ0v) is 13.5. The second-order valence-corrected chi connectivity index (χ2v) is 7.29. The fraction of sp³-hybridized carbons (Fsp3) is 0.625. The first-order chi connectivity index (χ1) is 9.56. The summed E-state index contributed by atoms with van der Waals surface area (Å²) in [5.74, 6) is 1.10. The lowest BCUT2D eigenvalue weighted by Crippen LogP contribution is -2.39. The summed E-state index contributed by atoms with van der Waals surface area (Å²) in [4.78, 5) is 2.48. The third-order valence-electron chi connectivity index (χ3n) is 4.95. The summed E-state index contributed by atoms with van der Waals surface area (Å²) < 4.78 is 1.10. The summed E-state index contributed by atoms with van der Waals surface area (Å²) in [6.45, 7) is 4.13. The van der Waals surface area contributed by atoms with Crippen LogP contribution >= 0.6 is 15.9 Å². The van der Waals surface area contributed by atoms with Crippen molar-refractivity contribution >= 4 is 15.9 Å². The van der Waals surface area contributed by atoms with E-state index in [1.807, 2.05) is 0 Å². The molecule has 5 unspecified atom stereocenters. The summed E-state index contributed by atoms with van der Waals surface area (Å²) in [6.07, 6.45) is 2.03. The number of halogens is 1. The lowest BCUT2D eigenvalue weighted by Gasteiger charge is -2.32. The molecule has 1 aromatic carbocycles. The second kappa shape index (κ2) is 5.76. The van der Waals surface area contributed by atoms with Gasteiger partial charge in [-0.15, -0.1) is 0 Å². The number of nitrogens with two attached hydrogens (primary N) is 1. The van der Waals surface area contributed by atoms with Crippen LogP contribution in [0.2, 0.25) is 0 Å². The molecule has 0 amide bonds. The fourth-order valence-corrected chi connectivity index (χ4v) is 4.27. The predicted molar refractivity (Wildman–Crippen MR) is 84.3 cm³/mol. The van der Waals surface area contributed by atoms with Crippen LogP contribution < -0.4 is 5.73 Å². The van der Waals surface area contributed by atoms with E-state index in [2.05, 4.69) is 52.0 Å². The van der Waals surface area contributed by atoms with Gasteiger partial charge in [-0.3, -0.25) is 4.90 Å². The molecule has 1 saturated carbocycles. The smallest absolute Gasteiger partial charge is 0.0583 e. The first-order valence-electron chi connectivity index (χ1n) is 7.49. The van der Waals surface area contributed by atoms with E-state index in [1.165, 1.54) is 5.56 Å². The van der Waals surface area contributed by atoms with Gasteiger partial charge in [0.15, 0.2) is 0 Å². The Bertz CT molecular complexity index is 462. The minimum atomic E-state index is -0.108. The highest BCUT2D eigenvalue weighted by Crippen LogP contribution is 2.41. The largest absolute Gasteiger partial charge is 0.393 e. The van der Waals surface area contributed by atoms with Crippen LogP contribution in [0.5, 0.6) is 0 Å². The third-order valence-corrected chi connectivity index (χ3v) is 5.48. The van der Waals surface area contributed by atoms with Crippen molar-refractivity contribution in [3.63, 3.8) is 0 Å². The molecule has 3 nitrogen and oxygen atoms in total. The van der Waals surface area contributed by atoms with Crippen molar-refractivity contribution in [3.05, 3.63) is 34.3 Å². The van der Waals surface area contributed by atoms with E-state index >= 15 is 0 Å². The lowest BCUT2D eigenvalue weighted by molar-refractivity contribution is 0.115. The van der Waals surface area contributed by atoms with Gasteiger partial charge in [0.05, 0.1) is 6.10 Å². The maximum atomic E-state index is 10.1. The van der Waals surface area contributed by atoms with E-state index in [1.54, 1.807) is 0 Å². The molecule has 1 aliphatic carbocycles. The van der Waals surface area contributed by atoms with E-state index < -0.39 is 0 Å². The van der Waals surface area contributed by atoms with Crippen LogP contribution in [-0.4, -0.2) is 35.2 Å². The van der Waals surface area contributed by atoms with Gasteiger partial charge in [0.2, 0.25) is 0 Å². The summed E-state index contributed by atoms with van der Waals surface area (Å²) in [5.41, 5.74) is 7.53. The molecule has 0 bridgehead atoms. The van der Waals surface area contributed by atoms with Gasteiger partial charge in [0.1, 0.15) is 0 Å².